The highest BCUT2D eigenvalue weighted by Gasteiger charge is 2.15. The summed E-state index contributed by atoms with van der Waals surface area (Å²) in [6, 6.07) is 8.07. The van der Waals surface area contributed by atoms with Crippen molar-refractivity contribution in [2.24, 2.45) is 5.73 Å². The molecule has 1 unspecified atom stereocenters. The van der Waals surface area contributed by atoms with Gasteiger partial charge >= 0.3 is 6.09 Å². The lowest BCUT2D eigenvalue weighted by Gasteiger charge is -2.19. The van der Waals surface area contributed by atoms with Gasteiger partial charge in [0, 0.05) is 6.54 Å². The van der Waals surface area contributed by atoms with Gasteiger partial charge in [-0.15, -0.1) is 0 Å². The third-order valence-corrected chi connectivity index (χ3v) is 2.71. The smallest absolute Gasteiger partial charge is 0.407 e. The minimum Gasteiger partial charge on any atom is -0.444 e. The van der Waals surface area contributed by atoms with E-state index in [-0.39, 0.29) is 0 Å². The van der Waals surface area contributed by atoms with Crippen LogP contribution in [0.25, 0.3) is 0 Å². The first-order valence-corrected chi connectivity index (χ1v) is 6.57. The fourth-order valence-electron chi connectivity index (χ4n) is 1.63. The minimum absolute atomic E-state index is 0.321. The number of alkyl carbamates (subject to hydrolysis) is 1. The molecule has 106 valence electrons. The van der Waals surface area contributed by atoms with Crippen molar-refractivity contribution in [3.63, 3.8) is 0 Å². The average molecular weight is 264 g/mol. The van der Waals surface area contributed by atoms with Crippen LogP contribution in [0.5, 0.6) is 0 Å². The molecule has 1 rings (SSSR count). The topological polar surface area (TPSA) is 64.3 Å². The maximum atomic E-state index is 11.6. The van der Waals surface area contributed by atoms with Crippen molar-refractivity contribution in [3.05, 3.63) is 35.4 Å². The van der Waals surface area contributed by atoms with Crippen LogP contribution in [0.2, 0.25) is 0 Å². The molecule has 0 saturated heterocycles. The number of hydrogen-bond donors (Lipinski definition) is 2. The van der Waals surface area contributed by atoms with Crippen molar-refractivity contribution >= 4 is 6.09 Å². The Labute approximate surface area is 115 Å². The molecule has 0 aliphatic heterocycles. The number of amides is 1. The third-order valence-electron chi connectivity index (χ3n) is 2.71. The van der Waals surface area contributed by atoms with Gasteiger partial charge in [0.2, 0.25) is 0 Å². The van der Waals surface area contributed by atoms with Gasteiger partial charge in [-0.1, -0.05) is 31.2 Å². The Balaban J connectivity index is 2.56. The fraction of sp³-hybridized carbons (Fsp3) is 0.533. The van der Waals surface area contributed by atoms with E-state index in [1.165, 1.54) is 5.56 Å². The molecule has 3 N–H and O–H groups in total. The summed E-state index contributed by atoms with van der Waals surface area (Å²) < 4.78 is 5.19. The number of carbonyl (C=O) groups excluding carboxylic acids is 1. The summed E-state index contributed by atoms with van der Waals surface area (Å²) in [4.78, 5) is 11.6. The average Bonchev–Trinajstić information content (AvgIpc) is 2.34. The fourth-order valence-corrected chi connectivity index (χ4v) is 1.63. The first-order valence-electron chi connectivity index (χ1n) is 6.57. The SMILES string of the molecule is CC(CN)c1cccc(CNC(=O)OC(C)(C)C)c1. The van der Waals surface area contributed by atoms with Crippen LogP contribution < -0.4 is 11.1 Å². The molecule has 0 fully saturated rings. The molecule has 0 bridgehead atoms. The van der Waals surface area contributed by atoms with Gasteiger partial charge < -0.3 is 15.8 Å². The zero-order valence-corrected chi connectivity index (χ0v) is 12.2. The van der Waals surface area contributed by atoms with Crippen LogP contribution in [0.15, 0.2) is 24.3 Å². The maximum absolute atomic E-state index is 11.6. The summed E-state index contributed by atoms with van der Waals surface area (Å²) >= 11 is 0. The molecule has 1 aromatic carbocycles. The summed E-state index contributed by atoms with van der Waals surface area (Å²) in [6.45, 7) is 8.69. The molecule has 0 aromatic heterocycles. The second kappa shape index (κ2) is 6.57. The van der Waals surface area contributed by atoms with Crippen LogP contribution in [-0.4, -0.2) is 18.2 Å². The van der Waals surface area contributed by atoms with E-state index in [0.29, 0.717) is 19.0 Å². The first-order chi connectivity index (χ1) is 8.81. The van der Waals surface area contributed by atoms with Crippen LogP contribution in [0, 0.1) is 0 Å². The molecule has 1 aromatic rings. The Bertz CT molecular complexity index is 424. The number of ether oxygens (including phenoxy) is 1. The predicted molar refractivity (Wildman–Crippen MR) is 77.0 cm³/mol. The minimum atomic E-state index is -0.472. The summed E-state index contributed by atoms with van der Waals surface area (Å²) in [5.41, 5.74) is 7.41. The van der Waals surface area contributed by atoms with Gasteiger partial charge in [0.1, 0.15) is 5.60 Å². The van der Waals surface area contributed by atoms with Crippen LogP contribution in [0.1, 0.15) is 44.7 Å². The summed E-state index contributed by atoms with van der Waals surface area (Å²) in [5.74, 6) is 0.321. The van der Waals surface area contributed by atoms with Gasteiger partial charge in [0.25, 0.3) is 0 Å². The van der Waals surface area contributed by atoms with Crippen LogP contribution in [-0.2, 0) is 11.3 Å². The standard InChI is InChI=1S/C15H24N2O2/c1-11(9-16)13-7-5-6-12(8-13)10-17-14(18)19-15(2,3)4/h5-8,11H,9-10,16H2,1-4H3,(H,17,18). The number of carbonyl (C=O) groups is 1. The van der Waals surface area contributed by atoms with Gasteiger partial charge in [-0.3, -0.25) is 0 Å². The van der Waals surface area contributed by atoms with E-state index in [2.05, 4.69) is 24.4 Å². The Kier molecular flexibility index (Phi) is 5.36. The molecule has 0 aliphatic carbocycles. The lowest BCUT2D eigenvalue weighted by molar-refractivity contribution is 0.0523. The molecule has 4 heteroatoms. The number of nitrogens with two attached hydrogens (primary N) is 1. The van der Waals surface area contributed by atoms with Crippen molar-refractivity contribution in [1.82, 2.24) is 5.32 Å². The summed E-state index contributed by atoms with van der Waals surface area (Å²) in [7, 11) is 0. The van der Waals surface area contributed by atoms with E-state index in [1.807, 2.05) is 32.9 Å². The lowest BCUT2D eigenvalue weighted by atomic mass is 9.99. The van der Waals surface area contributed by atoms with Crippen molar-refractivity contribution < 1.29 is 9.53 Å². The molecule has 0 heterocycles. The zero-order chi connectivity index (χ0) is 14.5. The van der Waals surface area contributed by atoms with Crippen molar-refractivity contribution in [2.45, 2.75) is 45.8 Å². The number of rotatable bonds is 4. The predicted octanol–water partition coefficient (Wildman–Crippen LogP) is 2.77. The van der Waals surface area contributed by atoms with E-state index < -0.39 is 11.7 Å². The molecule has 0 saturated carbocycles. The van der Waals surface area contributed by atoms with E-state index in [1.54, 1.807) is 0 Å². The van der Waals surface area contributed by atoms with Gasteiger partial charge in [-0.2, -0.15) is 0 Å². The van der Waals surface area contributed by atoms with Crippen molar-refractivity contribution in [3.8, 4) is 0 Å². The number of hydrogen-bond acceptors (Lipinski definition) is 3. The maximum Gasteiger partial charge on any atom is 0.407 e. The normalized spacial score (nSPS) is 12.9. The van der Waals surface area contributed by atoms with Gasteiger partial charge in [0.15, 0.2) is 0 Å². The van der Waals surface area contributed by atoms with E-state index >= 15 is 0 Å². The second-order valence-electron chi connectivity index (χ2n) is 5.74. The Morgan fingerprint density at radius 3 is 2.68 bits per heavy atom. The highest BCUT2D eigenvalue weighted by molar-refractivity contribution is 5.67. The first kappa shape index (κ1) is 15.5. The lowest BCUT2D eigenvalue weighted by Crippen LogP contribution is -2.32. The molecule has 0 spiro atoms. The highest BCUT2D eigenvalue weighted by Crippen LogP contribution is 2.15. The number of benzene rings is 1. The zero-order valence-electron chi connectivity index (χ0n) is 12.2. The Morgan fingerprint density at radius 1 is 1.42 bits per heavy atom. The summed E-state index contributed by atoms with van der Waals surface area (Å²) in [5, 5.41) is 2.75. The molecular formula is C15H24N2O2. The van der Waals surface area contributed by atoms with Gasteiger partial charge in [0.05, 0.1) is 0 Å². The second-order valence-corrected chi connectivity index (χ2v) is 5.74. The Hall–Kier alpha value is -1.55. The van der Waals surface area contributed by atoms with E-state index in [9.17, 15) is 4.79 Å². The van der Waals surface area contributed by atoms with Crippen molar-refractivity contribution in [2.75, 3.05) is 6.54 Å². The van der Waals surface area contributed by atoms with Gasteiger partial charge in [-0.05, 0) is 44.4 Å². The third kappa shape index (κ3) is 5.75. The van der Waals surface area contributed by atoms with E-state index in [0.717, 1.165) is 5.56 Å². The van der Waals surface area contributed by atoms with Crippen molar-refractivity contribution in [1.29, 1.82) is 0 Å². The van der Waals surface area contributed by atoms with Crippen LogP contribution in [0.3, 0.4) is 0 Å². The van der Waals surface area contributed by atoms with Crippen LogP contribution in [0.4, 0.5) is 4.79 Å². The molecule has 4 nitrogen and oxygen atoms in total. The molecule has 0 radical (unpaired) electrons. The molecular weight excluding hydrogens is 240 g/mol. The quantitative estimate of drug-likeness (QED) is 0.879. The summed E-state index contributed by atoms with van der Waals surface area (Å²) in [6.07, 6.45) is -0.398. The molecule has 0 aliphatic rings. The van der Waals surface area contributed by atoms with Crippen LogP contribution >= 0.6 is 0 Å². The largest absolute Gasteiger partial charge is 0.444 e. The monoisotopic (exact) mass is 264 g/mol. The van der Waals surface area contributed by atoms with E-state index in [4.69, 9.17) is 10.5 Å². The highest BCUT2D eigenvalue weighted by atomic mass is 16.6. The molecule has 1 atom stereocenters. The van der Waals surface area contributed by atoms with Gasteiger partial charge in [-0.25, -0.2) is 4.79 Å². The number of nitrogens with one attached hydrogen (secondary N) is 1. The molecule has 1 amide bonds. The molecule has 19 heavy (non-hydrogen) atoms. The Morgan fingerprint density at radius 2 is 2.11 bits per heavy atom.